The molecule has 0 aliphatic rings. The second kappa shape index (κ2) is 5.02. The molecule has 0 fully saturated rings. The van der Waals surface area contributed by atoms with E-state index in [1.54, 1.807) is 7.05 Å². The number of nitrogens with zero attached hydrogens (tertiary/aromatic N) is 5. The van der Waals surface area contributed by atoms with Crippen LogP contribution in [0.4, 0.5) is 5.82 Å². The van der Waals surface area contributed by atoms with Gasteiger partial charge >= 0.3 is 0 Å². The summed E-state index contributed by atoms with van der Waals surface area (Å²) in [5, 5.41) is 19.6. The van der Waals surface area contributed by atoms with Crippen molar-refractivity contribution < 1.29 is 4.79 Å². The first-order valence-corrected chi connectivity index (χ1v) is 6.68. The van der Waals surface area contributed by atoms with E-state index in [0.717, 1.165) is 11.5 Å². The highest BCUT2D eigenvalue weighted by molar-refractivity contribution is 7.08. The van der Waals surface area contributed by atoms with Crippen LogP contribution in [0.1, 0.15) is 41.7 Å². The van der Waals surface area contributed by atoms with Gasteiger partial charge in [0.15, 0.2) is 0 Å². The average Bonchev–Trinajstić information content (AvgIpc) is 2.96. The minimum absolute atomic E-state index is 0.274. The maximum absolute atomic E-state index is 12.3. The number of anilines is 1. The summed E-state index contributed by atoms with van der Waals surface area (Å²) in [7, 11) is 1.66. The van der Waals surface area contributed by atoms with E-state index in [9.17, 15) is 4.79 Å². The molecule has 7 nitrogen and oxygen atoms in total. The highest BCUT2D eigenvalue weighted by Crippen LogP contribution is 2.26. The third-order valence-electron chi connectivity index (χ3n) is 2.70. The molecule has 0 aliphatic heterocycles. The maximum Gasteiger partial charge on any atom is 0.270 e. The molecule has 104 valence electrons. The van der Waals surface area contributed by atoms with Gasteiger partial charge in [0.25, 0.3) is 5.91 Å². The van der Waals surface area contributed by atoms with Crippen molar-refractivity contribution in [3.05, 3.63) is 22.3 Å². The third kappa shape index (κ3) is 2.53. The summed E-state index contributed by atoms with van der Waals surface area (Å²) in [5.41, 5.74) is 0.681. The van der Waals surface area contributed by atoms with Gasteiger partial charge in [-0.05, 0) is 11.5 Å². The summed E-state index contributed by atoms with van der Waals surface area (Å²) in [5.74, 6) is 0.0378. The van der Waals surface area contributed by atoms with E-state index >= 15 is 0 Å². The number of aromatic nitrogens is 4. The lowest BCUT2D eigenvalue weighted by Crippen LogP contribution is -2.21. The minimum Gasteiger partial charge on any atom is -0.305 e. The van der Waals surface area contributed by atoms with E-state index in [-0.39, 0.29) is 11.3 Å². The van der Waals surface area contributed by atoms with E-state index in [1.165, 1.54) is 10.9 Å². The number of hydrogen-bond acceptors (Lipinski definition) is 6. The number of aryl methyl sites for hydroxylation is 1. The second-order valence-corrected chi connectivity index (χ2v) is 6.05. The fourth-order valence-corrected chi connectivity index (χ4v) is 2.43. The molecule has 0 aromatic carbocycles. The number of amides is 1. The van der Waals surface area contributed by atoms with Gasteiger partial charge < -0.3 is 5.32 Å². The monoisotopic (exact) mass is 290 g/mol. The van der Waals surface area contributed by atoms with Crippen molar-refractivity contribution in [2.75, 3.05) is 5.32 Å². The van der Waals surface area contributed by atoms with Crippen LogP contribution >= 0.6 is 11.5 Å². The van der Waals surface area contributed by atoms with Gasteiger partial charge in [0.2, 0.25) is 0 Å². The summed E-state index contributed by atoms with van der Waals surface area (Å²) >= 11 is 1.04. The molecule has 1 N–H and O–H groups in total. The molecule has 0 atom stereocenters. The van der Waals surface area contributed by atoms with Crippen LogP contribution in [0.3, 0.4) is 0 Å². The topological polar surface area (TPSA) is 96.5 Å². The number of carbonyl (C=O) groups excluding carboxylic acids is 1. The molecule has 2 rings (SSSR count). The van der Waals surface area contributed by atoms with E-state index in [0.29, 0.717) is 22.0 Å². The fourth-order valence-electron chi connectivity index (χ4n) is 1.66. The Morgan fingerprint density at radius 1 is 1.50 bits per heavy atom. The average molecular weight is 290 g/mol. The van der Waals surface area contributed by atoms with Crippen molar-refractivity contribution in [3.63, 3.8) is 0 Å². The van der Waals surface area contributed by atoms with E-state index in [1.807, 2.05) is 26.8 Å². The van der Waals surface area contributed by atoms with Crippen LogP contribution in [0, 0.1) is 11.3 Å². The number of nitrogens with one attached hydrogen (secondary N) is 1. The Morgan fingerprint density at radius 3 is 2.80 bits per heavy atom. The van der Waals surface area contributed by atoms with Gasteiger partial charge in [-0.2, -0.15) is 10.4 Å². The summed E-state index contributed by atoms with van der Waals surface area (Å²) < 4.78 is 5.29. The molecule has 0 radical (unpaired) electrons. The zero-order chi connectivity index (χ0) is 14.9. The van der Waals surface area contributed by atoms with Crippen LogP contribution in [0.15, 0.2) is 6.20 Å². The summed E-state index contributed by atoms with van der Waals surface area (Å²) in [6, 6.07) is 1.99. The predicted molar refractivity (Wildman–Crippen MR) is 74.5 cm³/mol. The lowest BCUT2D eigenvalue weighted by Gasteiger charge is -2.16. The van der Waals surface area contributed by atoms with Gasteiger partial charge in [0.05, 0.1) is 11.9 Å². The van der Waals surface area contributed by atoms with Crippen LogP contribution in [0.5, 0.6) is 0 Å². The Hall–Kier alpha value is -2.27. The van der Waals surface area contributed by atoms with Crippen LogP contribution in [0.2, 0.25) is 0 Å². The molecule has 0 spiro atoms. The standard InChI is InChI=1S/C12H14N6OS/c1-12(2,3)9-8(20-17-16-9)11(19)15-10-7(5-13)6-14-18(10)4/h6H,1-4H3,(H,15,19). The van der Waals surface area contributed by atoms with E-state index in [2.05, 4.69) is 20.0 Å². The van der Waals surface area contributed by atoms with Crippen molar-refractivity contribution >= 4 is 23.3 Å². The van der Waals surface area contributed by atoms with Crippen molar-refractivity contribution in [1.29, 1.82) is 5.26 Å². The molecule has 20 heavy (non-hydrogen) atoms. The van der Waals surface area contributed by atoms with Crippen molar-refractivity contribution in [2.24, 2.45) is 7.05 Å². The van der Waals surface area contributed by atoms with Gasteiger partial charge in [-0.1, -0.05) is 25.3 Å². The number of rotatable bonds is 2. The summed E-state index contributed by atoms with van der Waals surface area (Å²) in [4.78, 5) is 12.8. The molecule has 2 aromatic heterocycles. The van der Waals surface area contributed by atoms with Crippen molar-refractivity contribution in [3.8, 4) is 6.07 Å². The normalized spacial score (nSPS) is 11.2. The maximum atomic E-state index is 12.3. The lowest BCUT2D eigenvalue weighted by molar-refractivity contribution is 0.102. The van der Waals surface area contributed by atoms with Crippen molar-refractivity contribution in [2.45, 2.75) is 26.2 Å². The molecular formula is C12H14N6OS. The second-order valence-electron chi connectivity index (χ2n) is 5.30. The molecule has 0 saturated heterocycles. The molecule has 2 heterocycles. The first kappa shape index (κ1) is 14.1. The van der Waals surface area contributed by atoms with E-state index < -0.39 is 0 Å². The molecule has 0 bridgehead atoms. The molecule has 1 amide bonds. The number of nitriles is 1. The summed E-state index contributed by atoms with van der Waals surface area (Å²) in [6.45, 7) is 5.89. The third-order valence-corrected chi connectivity index (χ3v) is 3.42. The quantitative estimate of drug-likeness (QED) is 0.907. The molecule has 0 saturated carbocycles. The molecule has 8 heteroatoms. The Bertz CT molecular complexity index is 688. The van der Waals surface area contributed by atoms with Crippen LogP contribution in [-0.2, 0) is 12.5 Å². The fraction of sp³-hybridized carbons (Fsp3) is 0.417. The largest absolute Gasteiger partial charge is 0.305 e. The predicted octanol–water partition coefficient (Wildman–Crippen LogP) is 1.69. The Morgan fingerprint density at radius 2 is 2.20 bits per heavy atom. The Balaban J connectivity index is 2.33. The van der Waals surface area contributed by atoms with E-state index in [4.69, 9.17) is 5.26 Å². The molecule has 2 aromatic rings. The Labute approximate surface area is 120 Å². The zero-order valence-corrected chi connectivity index (χ0v) is 12.4. The highest BCUT2D eigenvalue weighted by atomic mass is 32.1. The van der Waals surface area contributed by atoms with Crippen LogP contribution < -0.4 is 5.32 Å². The zero-order valence-electron chi connectivity index (χ0n) is 11.6. The molecule has 0 unspecified atom stereocenters. The highest BCUT2D eigenvalue weighted by Gasteiger charge is 2.27. The number of hydrogen-bond donors (Lipinski definition) is 1. The van der Waals surface area contributed by atoms with Crippen LogP contribution in [-0.4, -0.2) is 25.3 Å². The van der Waals surface area contributed by atoms with Gasteiger partial charge in [-0.25, -0.2) is 0 Å². The van der Waals surface area contributed by atoms with Gasteiger partial charge in [0.1, 0.15) is 22.3 Å². The van der Waals surface area contributed by atoms with Crippen molar-refractivity contribution in [1.82, 2.24) is 19.4 Å². The van der Waals surface area contributed by atoms with Crippen LogP contribution in [0.25, 0.3) is 0 Å². The SMILES string of the molecule is Cn1ncc(C#N)c1NC(=O)c1snnc1C(C)(C)C. The smallest absolute Gasteiger partial charge is 0.270 e. The summed E-state index contributed by atoms with van der Waals surface area (Å²) in [6.07, 6.45) is 1.41. The van der Waals surface area contributed by atoms with Gasteiger partial charge in [0, 0.05) is 12.5 Å². The minimum atomic E-state index is -0.329. The number of carbonyl (C=O) groups is 1. The van der Waals surface area contributed by atoms with Gasteiger partial charge in [-0.3, -0.25) is 9.48 Å². The molecule has 0 aliphatic carbocycles. The van der Waals surface area contributed by atoms with Gasteiger partial charge in [-0.15, -0.1) is 5.10 Å². The Kier molecular flexibility index (Phi) is 3.55. The molecular weight excluding hydrogens is 276 g/mol. The lowest BCUT2D eigenvalue weighted by atomic mass is 9.91. The first-order chi connectivity index (χ1) is 9.34. The first-order valence-electron chi connectivity index (χ1n) is 5.91.